The molecule has 11 heteroatoms. The highest BCUT2D eigenvalue weighted by Crippen LogP contribution is 2.21. The summed E-state index contributed by atoms with van der Waals surface area (Å²) in [4.78, 5) is 29.4. The zero-order valence-electron chi connectivity index (χ0n) is 18.5. The maximum Gasteiger partial charge on any atom is 0.326 e. The van der Waals surface area contributed by atoms with Crippen molar-refractivity contribution in [2.45, 2.75) is 18.4 Å². The number of fused-ring (bicyclic) bond motifs is 1. The zero-order valence-corrected chi connectivity index (χ0v) is 20.1. The lowest BCUT2D eigenvalue weighted by Crippen LogP contribution is -2.23. The first-order valence-electron chi connectivity index (χ1n) is 10.5. The lowest BCUT2D eigenvalue weighted by molar-refractivity contribution is -0.143. The van der Waals surface area contributed by atoms with Crippen molar-refractivity contribution in [1.82, 2.24) is 4.57 Å². The largest absolute Gasteiger partial charge is 0.465 e. The molecule has 4 rings (SSSR count). The molecule has 0 saturated heterocycles. The van der Waals surface area contributed by atoms with Gasteiger partial charge in [-0.25, -0.2) is 12.8 Å². The number of sulfonamides is 1. The summed E-state index contributed by atoms with van der Waals surface area (Å²) in [6, 6.07) is 18.1. The van der Waals surface area contributed by atoms with Crippen molar-refractivity contribution < 1.29 is 27.1 Å². The molecular formula is C24H20FN3O5S2. The van der Waals surface area contributed by atoms with Gasteiger partial charge in [0.1, 0.15) is 12.4 Å². The normalized spacial score (nSPS) is 12.0. The van der Waals surface area contributed by atoms with Gasteiger partial charge in [-0.3, -0.25) is 14.3 Å². The number of ether oxygens (including phenoxy) is 1. The van der Waals surface area contributed by atoms with Crippen LogP contribution in [0.2, 0.25) is 0 Å². The number of nitrogens with zero attached hydrogens (tertiary/aromatic N) is 2. The highest BCUT2D eigenvalue weighted by molar-refractivity contribution is 7.92. The number of anilines is 1. The van der Waals surface area contributed by atoms with E-state index in [1.807, 2.05) is 0 Å². The third-order valence-corrected chi connectivity index (χ3v) is 7.30. The van der Waals surface area contributed by atoms with Crippen molar-refractivity contribution in [1.29, 1.82) is 0 Å². The second-order valence-electron chi connectivity index (χ2n) is 7.28. The molecular weight excluding hydrogens is 493 g/mol. The summed E-state index contributed by atoms with van der Waals surface area (Å²) >= 11 is 1.05. The molecule has 1 amide bonds. The van der Waals surface area contributed by atoms with Crippen molar-refractivity contribution in [3.8, 4) is 0 Å². The average molecular weight is 514 g/mol. The first-order valence-corrected chi connectivity index (χ1v) is 12.8. The Morgan fingerprint density at radius 1 is 1.06 bits per heavy atom. The van der Waals surface area contributed by atoms with Gasteiger partial charge in [-0.05, 0) is 49.4 Å². The van der Waals surface area contributed by atoms with Crippen LogP contribution >= 0.6 is 11.3 Å². The minimum atomic E-state index is -3.85. The Balaban J connectivity index is 1.70. The Labute approximate surface area is 204 Å². The van der Waals surface area contributed by atoms with Gasteiger partial charge in [0.25, 0.3) is 15.9 Å². The Kier molecular flexibility index (Phi) is 7.08. The number of nitrogens with one attached hydrogen (secondary N) is 1. The van der Waals surface area contributed by atoms with Crippen LogP contribution in [0, 0.1) is 5.82 Å². The molecule has 0 unspecified atom stereocenters. The quantitative estimate of drug-likeness (QED) is 0.377. The van der Waals surface area contributed by atoms with E-state index in [0.29, 0.717) is 4.70 Å². The molecule has 0 spiro atoms. The van der Waals surface area contributed by atoms with E-state index in [-0.39, 0.29) is 39.6 Å². The van der Waals surface area contributed by atoms with E-state index in [1.54, 1.807) is 31.2 Å². The van der Waals surface area contributed by atoms with E-state index in [9.17, 15) is 22.4 Å². The summed E-state index contributed by atoms with van der Waals surface area (Å²) < 4.78 is 49.0. The highest BCUT2D eigenvalue weighted by atomic mass is 32.2. The number of halogens is 1. The lowest BCUT2D eigenvalue weighted by Gasteiger charge is -2.08. The molecule has 0 aliphatic carbocycles. The fraction of sp³-hybridized carbons (Fsp3) is 0.125. The summed E-state index contributed by atoms with van der Waals surface area (Å²) in [5, 5.41) is 0. The predicted octanol–water partition coefficient (Wildman–Crippen LogP) is 3.95. The number of aromatic nitrogens is 1. The summed E-state index contributed by atoms with van der Waals surface area (Å²) in [7, 11) is -3.85. The maximum absolute atomic E-state index is 14.5. The van der Waals surface area contributed by atoms with Gasteiger partial charge in [-0.1, -0.05) is 41.7 Å². The number of esters is 1. The van der Waals surface area contributed by atoms with Crippen LogP contribution in [0.1, 0.15) is 17.3 Å². The fourth-order valence-corrected chi connectivity index (χ4v) is 5.45. The predicted molar refractivity (Wildman–Crippen MR) is 130 cm³/mol. The number of hydrogen-bond donors (Lipinski definition) is 1. The second kappa shape index (κ2) is 10.2. The number of rotatable bonds is 7. The van der Waals surface area contributed by atoms with Gasteiger partial charge in [0.05, 0.1) is 21.7 Å². The molecule has 0 atom stereocenters. The molecule has 35 heavy (non-hydrogen) atoms. The summed E-state index contributed by atoms with van der Waals surface area (Å²) in [5.74, 6) is -1.84. The molecule has 3 aromatic carbocycles. The van der Waals surface area contributed by atoms with Crippen LogP contribution in [0.15, 0.2) is 82.7 Å². The van der Waals surface area contributed by atoms with E-state index in [2.05, 4.69) is 9.71 Å². The molecule has 0 fully saturated rings. The van der Waals surface area contributed by atoms with Crippen molar-refractivity contribution in [3.63, 3.8) is 0 Å². The number of carbonyl (C=O) groups excluding carboxylic acids is 2. The minimum absolute atomic E-state index is 0.0775. The van der Waals surface area contributed by atoms with Gasteiger partial charge in [0.2, 0.25) is 0 Å². The first-order chi connectivity index (χ1) is 16.8. The lowest BCUT2D eigenvalue weighted by atomic mass is 10.2. The molecule has 8 nitrogen and oxygen atoms in total. The summed E-state index contributed by atoms with van der Waals surface area (Å²) in [6.45, 7) is 1.49. The monoisotopic (exact) mass is 513 g/mol. The van der Waals surface area contributed by atoms with Crippen LogP contribution in [-0.4, -0.2) is 31.5 Å². The van der Waals surface area contributed by atoms with Crippen LogP contribution < -0.4 is 9.52 Å². The molecule has 1 N–H and O–H groups in total. The molecule has 1 aromatic heterocycles. The van der Waals surface area contributed by atoms with Crippen LogP contribution in [0.3, 0.4) is 0 Å². The van der Waals surface area contributed by atoms with Crippen LogP contribution in [0.25, 0.3) is 10.2 Å². The molecule has 180 valence electrons. The Morgan fingerprint density at radius 2 is 1.80 bits per heavy atom. The third kappa shape index (κ3) is 5.47. The van der Waals surface area contributed by atoms with Crippen LogP contribution in [0.5, 0.6) is 0 Å². The van der Waals surface area contributed by atoms with E-state index < -0.39 is 27.7 Å². The van der Waals surface area contributed by atoms with Crippen molar-refractivity contribution in [2.75, 3.05) is 11.3 Å². The third-order valence-electron chi connectivity index (χ3n) is 4.86. The maximum atomic E-state index is 14.5. The van der Waals surface area contributed by atoms with E-state index >= 15 is 0 Å². The van der Waals surface area contributed by atoms with Gasteiger partial charge in [-0.2, -0.15) is 4.99 Å². The molecule has 0 saturated carbocycles. The van der Waals surface area contributed by atoms with Gasteiger partial charge in [0, 0.05) is 11.3 Å². The number of para-hydroxylation sites is 1. The number of carbonyl (C=O) groups is 2. The number of amides is 1. The summed E-state index contributed by atoms with van der Waals surface area (Å²) in [6.07, 6.45) is 0. The van der Waals surface area contributed by atoms with Crippen LogP contribution in [0.4, 0.5) is 10.1 Å². The highest BCUT2D eigenvalue weighted by Gasteiger charge is 2.17. The molecule has 1 heterocycles. The Morgan fingerprint density at radius 3 is 2.54 bits per heavy atom. The number of thiazole rings is 1. The number of benzene rings is 3. The van der Waals surface area contributed by atoms with Crippen molar-refractivity contribution in [2.24, 2.45) is 4.99 Å². The van der Waals surface area contributed by atoms with Gasteiger partial charge < -0.3 is 9.30 Å². The molecule has 4 aromatic rings. The van der Waals surface area contributed by atoms with Gasteiger partial charge in [-0.15, -0.1) is 0 Å². The smallest absolute Gasteiger partial charge is 0.326 e. The topological polar surface area (TPSA) is 107 Å². The fourth-order valence-electron chi connectivity index (χ4n) is 3.34. The van der Waals surface area contributed by atoms with E-state index in [0.717, 1.165) is 11.3 Å². The average Bonchev–Trinajstić information content (AvgIpc) is 3.17. The number of hydrogen-bond acceptors (Lipinski definition) is 6. The molecule has 0 aliphatic rings. The molecule has 0 bridgehead atoms. The SMILES string of the molecule is CCOC(=O)Cn1c(=NC(=O)c2cccc(NS(=O)(=O)c3ccccc3)c2)sc2cccc(F)c21. The summed E-state index contributed by atoms with van der Waals surface area (Å²) in [5.41, 5.74) is 0.428. The Hall–Kier alpha value is -3.83. The van der Waals surface area contributed by atoms with Crippen molar-refractivity contribution in [3.05, 3.63) is 89.0 Å². The van der Waals surface area contributed by atoms with Gasteiger partial charge in [0.15, 0.2) is 4.80 Å². The van der Waals surface area contributed by atoms with Gasteiger partial charge >= 0.3 is 5.97 Å². The first kappa shape index (κ1) is 24.3. The Bertz CT molecular complexity index is 1580. The standard InChI is InChI=1S/C24H20FN3O5S2/c1-2-33-21(29)15-28-22-19(25)12-7-13-20(22)34-24(28)26-23(30)16-8-6-9-17(14-16)27-35(31,32)18-10-4-3-5-11-18/h3-14,27H,2,15H2,1H3. The van der Waals surface area contributed by atoms with Crippen LogP contribution in [-0.2, 0) is 26.1 Å². The molecule has 0 radical (unpaired) electrons. The van der Waals surface area contributed by atoms with E-state index in [4.69, 9.17) is 4.74 Å². The second-order valence-corrected chi connectivity index (χ2v) is 9.97. The van der Waals surface area contributed by atoms with Crippen molar-refractivity contribution >= 4 is 49.1 Å². The van der Waals surface area contributed by atoms with E-state index in [1.165, 1.54) is 53.1 Å². The molecule has 0 aliphatic heterocycles. The zero-order chi connectivity index (χ0) is 25.0. The minimum Gasteiger partial charge on any atom is -0.465 e.